The van der Waals surface area contributed by atoms with Crippen LogP contribution in [0.2, 0.25) is 0 Å². The van der Waals surface area contributed by atoms with Gasteiger partial charge in [0, 0.05) is 30.5 Å². The van der Waals surface area contributed by atoms with Gasteiger partial charge in [-0.3, -0.25) is 35.3 Å². The summed E-state index contributed by atoms with van der Waals surface area (Å²) in [5.41, 5.74) is 5.39. The van der Waals surface area contributed by atoms with Gasteiger partial charge in [0.05, 0.1) is 18.0 Å². The summed E-state index contributed by atoms with van der Waals surface area (Å²) >= 11 is 0. The van der Waals surface area contributed by atoms with Crippen molar-refractivity contribution in [3.63, 3.8) is 0 Å². The Morgan fingerprint density at radius 1 is 0.929 bits per heavy atom. The Labute approximate surface area is 160 Å². The number of esters is 1. The van der Waals surface area contributed by atoms with Crippen molar-refractivity contribution in [2.75, 3.05) is 6.61 Å². The van der Waals surface area contributed by atoms with Crippen molar-refractivity contribution in [1.82, 2.24) is 10.9 Å². The third kappa shape index (κ3) is 6.87. The first-order valence-electron chi connectivity index (χ1n) is 8.49. The molecule has 9 nitrogen and oxygen atoms in total. The minimum atomic E-state index is -0.631. The number of amides is 2. The summed E-state index contributed by atoms with van der Waals surface area (Å²) in [7, 11) is 0. The molecular formula is C19H19N3O6. The number of nitrogens with one attached hydrogen (secondary N) is 2. The van der Waals surface area contributed by atoms with E-state index in [1.807, 2.05) is 30.3 Å². The topological polar surface area (TPSA) is 128 Å². The summed E-state index contributed by atoms with van der Waals surface area (Å²) in [4.78, 5) is 45.2. The Balaban J connectivity index is 1.64. The van der Waals surface area contributed by atoms with Crippen LogP contribution in [0.3, 0.4) is 0 Å². The molecule has 0 spiro atoms. The predicted octanol–water partition coefficient (Wildman–Crippen LogP) is 1.92. The number of ether oxygens (including phenoxy) is 1. The van der Waals surface area contributed by atoms with E-state index < -0.39 is 22.7 Å². The molecule has 0 atom stereocenters. The second-order valence-electron chi connectivity index (χ2n) is 5.76. The van der Waals surface area contributed by atoms with Crippen LogP contribution >= 0.6 is 0 Å². The Morgan fingerprint density at radius 3 is 2.25 bits per heavy atom. The minimum Gasteiger partial charge on any atom is -0.465 e. The first-order chi connectivity index (χ1) is 13.5. The molecule has 28 heavy (non-hydrogen) atoms. The van der Waals surface area contributed by atoms with Crippen molar-refractivity contribution in [3.05, 3.63) is 75.8 Å². The van der Waals surface area contributed by atoms with Gasteiger partial charge in [0.2, 0.25) is 5.91 Å². The van der Waals surface area contributed by atoms with Crippen molar-refractivity contribution in [1.29, 1.82) is 0 Å². The van der Waals surface area contributed by atoms with Gasteiger partial charge in [-0.2, -0.15) is 0 Å². The largest absolute Gasteiger partial charge is 0.465 e. The van der Waals surface area contributed by atoms with Crippen LogP contribution in [-0.4, -0.2) is 29.3 Å². The standard InChI is InChI=1S/C19H19N3O6/c23-17(10-11-18(24)28-13-12-14-4-2-1-3-5-14)20-21-19(25)15-6-8-16(9-7-15)22(26)27/h1-9H,10-13H2,(H,20,23)(H,21,25). The van der Waals surface area contributed by atoms with E-state index in [0.717, 1.165) is 5.56 Å². The van der Waals surface area contributed by atoms with Crippen molar-refractivity contribution < 1.29 is 24.0 Å². The first kappa shape index (κ1) is 20.6. The summed E-state index contributed by atoms with van der Waals surface area (Å²) in [6.45, 7) is 0.224. The van der Waals surface area contributed by atoms with Crippen LogP contribution in [0.15, 0.2) is 54.6 Å². The van der Waals surface area contributed by atoms with Gasteiger partial charge in [-0.1, -0.05) is 30.3 Å². The number of nitrogens with zero attached hydrogens (tertiary/aromatic N) is 1. The second-order valence-corrected chi connectivity index (χ2v) is 5.76. The summed E-state index contributed by atoms with van der Waals surface area (Å²) in [5, 5.41) is 10.6. The number of nitro benzene ring substituents is 1. The third-order valence-electron chi connectivity index (χ3n) is 3.71. The lowest BCUT2D eigenvalue weighted by atomic mass is 10.2. The third-order valence-corrected chi connectivity index (χ3v) is 3.71. The van der Waals surface area contributed by atoms with E-state index in [1.54, 1.807) is 0 Å². The van der Waals surface area contributed by atoms with Crippen molar-refractivity contribution >= 4 is 23.5 Å². The van der Waals surface area contributed by atoms with Crippen LogP contribution < -0.4 is 10.9 Å². The van der Waals surface area contributed by atoms with Crippen LogP contribution in [0.1, 0.15) is 28.8 Å². The van der Waals surface area contributed by atoms with Gasteiger partial charge in [0.25, 0.3) is 11.6 Å². The van der Waals surface area contributed by atoms with Gasteiger partial charge in [0.1, 0.15) is 0 Å². The molecule has 2 rings (SSSR count). The fraction of sp³-hybridized carbons (Fsp3) is 0.211. The van der Waals surface area contributed by atoms with Crippen molar-refractivity contribution in [2.45, 2.75) is 19.3 Å². The highest BCUT2D eigenvalue weighted by Gasteiger charge is 2.12. The predicted molar refractivity (Wildman–Crippen MR) is 99.0 cm³/mol. The van der Waals surface area contributed by atoms with E-state index >= 15 is 0 Å². The maximum absolute atomic E-state index is 11.9. The smallest absolute Gasteiger partial charge is 0.306 e. The molecule has 0 saturated carbocycles. The highest BCUT2D eigenvalue weighted by atomic mass is 16.6. The molecule has 2 N–H and O–H groups in total. The van der Waals surface area contributed by atoms with E-state index in [1.165, 1.54) is 24.3 Å². The fourth-order valence-electron chi connectivity index (χ4n) is 2.21. The molecule has 0 bridgehead atoms. The number of hydrogen-bond acceptors (Lipinski definition) is 6. The summed E-state index contributed by atoms with van der Waals surface area (Å²) in [6, 6.07) is 14.4. The van der Waals surface area contributed by atoms with Crippen molar-refractivity contribution in [2.24, 2.45) is 0 Å². The highest BCUT2D eigenvalue weighted by Crippen LogP contribution is 2.11. The SMILES string of the molecule is O=C(CCC(=O)OCCc1ccccc1)NNC(=O)c1ccc([N+](=O)[O-])cc1. The molecule has 0 heterocycles. The normalized spacial score (nSPS) is 10.0. The molecule has 0 radical (unpaired) electrons. The molecule has 146 valence electrons. The zero-order chi connectivity index (χ0) is 20.4. The molecule has 0 unspecified atom stereocenters. The molecule has 0 aromatic heterocycles. The lowest BCUT2D eigenvalue weighted by Gasteiger charge is -2.08. The molecule has 2 aromatic rings. The number of rotatable bonds is 8. The maximum atomic E-state index is 11.9. The van der Waals surface area contributed by atoms with Gasteiger partial charge in [-0.25, -0.2) is 0 Å². The Morgan fingerprint density at radius 2 is 1.61 bits per heavy atom. The first-order valence-corrected chi connectivity index (χ1v) is 8.49. The Hall–Kier alpha value is -3.75. The van der Waals surface area contributed by atoms with Crippen LogP contribution in [0.25, 0.3) is 0 Å². The van der Waals surface area contributed by atoms with Gasteiger partial charge < -0.3 is 4.74 Å². The van der Waals surface area contributed by atoms with E-state index in [0.29, 0.717) is 6.42 Å². The number of hydrogen-bond donors (Lipinski definition) is 2. The Bertz CT molecular complexity index is 837. The molecule has 0 aliphatic rings. The van der Waals surface area contributed by atoms with Crippen LogP contribution in [-0.2, 0) is 20.7 Å². The molecule has 0 saturated heterocycles. The molecule has 2 aromatic carbocycles. The number of benzene rings is 2. The summed E-state index contributed by atoms with van der Waals surface area (Å²) < 4.78 is 5.06. The Kier molecular flexibility index (Phi) is 7.64. The lowest BCUT2D eigenvalue weighted by molar-refractivity contribution is -0.384. The number of hydrazine groups is 1. The van der Waals surface area contributed by atoms with Gasteiger partial charge >= 0.3 is 5.97 Å². The lowest BCUT2D eigenvalue weighted by Crippen LogP contribution is -2.41. The fourth-order valence-corrected chi connectivity index (χ4v) is 2.21. The highest BCUT2D eigenvalue weighted by molar-refractivity contribution is 5.95. The molecule has 2 amide bonds. The average Bonchev–Trinajstić information content (AvgIpc) is 2.71. The van der Waals surface area contributed by atoms with Crippen molar-refractivity contribution in [3.8, 4) is 0 Å². The number of carbonyl (C=O) groups is 3. The minimum absolute atomic E-state index is 0.117. The van der Waals surface area contributed by atoms with E-state index in [-0.39, 0.29) is 30.7 Å². The van der Waals surface area contributed by atoms with E-state index in [2.05, 4.69) is 10.9 Å². The second kappa shape index (κ2) is 10.4. The number of non-ortho nitro benzene ring substituents is 1. The molecule has 0 aliphatic heterocycles. The quantitative estimate of drug-likeness (QED) is 0.406. The van der Waals surface area contributed by atoms with Crippen LogP contribution in [0.4, 0.5) is 5.69 Å². The number of carbonyl (C=O) groups excluding carboxylic acids is 3. The summed E-state index contributed by atoms with van der Waals surface area (Å²) in [6.07, 6.45) is 0.322. The molecule has 0 fully saturated rings. The zero-order valence-electron chi connectivity index (χ0n) is 14.9. The zero-order valence-corrected chi connectivity index (χ0v) is 14.9. The molecule has 0 aliphatic carbocycles. The number of nitro groups is 1. The maximum Gasteiger partial charge on any atom is 0.306 e. The van der Waals surface area contributed by atoms with Gasteiger partial charge in [0.15, 0.2) is 0 Å². The average molecular weight is 385 g/mol. The van der Waals surface area contributed by atoms with Gasteiger partial charge in [-0.05, 0) is 17.7 Å². The van der Waals surface area contributed by atoms with Crippen LogP contribution in [0, 0.1) is 10.1 Å². The monoisotopic (exact) mass is 385 g/mol. The molecule has 9 heteroatoms. The summed E-state index contributed by atoms with van der Waals surface area (Å²) in [5.74, 6) is -1.70. The van der Waals surface area contributed by atoms with Gasteiger partial charge in [-0.15, -0.1) is 0 Å². The van der Waals surface area contributed by atoms with Crippen LogP contribution in [0.5, 0.6) is 0 Å². The molecular weight excluding hydrogens is 366 g/mol. The van der Waals surface area contributed by atoms with E-state index in [9.17, 15) is 24.5 Å². The van der Waals surface area contributed by atoms with E-state index in [4.69, 9.17) is 4.74 Å².